The summed E-state index contributed by atoms with van der Waals surface area (Å²) in [5, 5.41) is 11.2. The lowest BCUT2D eigenvalue weighted by molar-refractivity contribution is 0.1000. The molecule has 3 unspecified atom stereocenters. The van der Waals surface area contributed by atoms with E-state index >= 15 is 4.39 Å². The molecule has 6 heteroatoms. The Morgan fingerprint density at radius 2 is 1.63 bits per heavy atom. The van der Waals surface area contributed by atoms with Crippen molar-refractivity contribution in [2.45, 2.75) is 64.4 Å². The van der Waals surface area contributed by atoms with E-state index in [9.17, 15) is 18.3 Å². The number of rotatable bonds is 5. The minimum Gasteiger partial charge on any atom is -0.388 e. The Morgan fingerprint density at radius 1 is 1.03 bits per heavy atom. The van der Waals surface area contributed by atoms with Crippen LogP contribution in [0.3, 0.4) is 0 Å². The maximum Gasteiger partial charge on any atom is 0.283 e. The zero-order valence-electron chi connectivity index (χ0n) is 20.4. The molecule has 0 aromatic heterocycles. The number of halogens is 4. The van der Waals surface area contributed by atoms with Crippen LogP contribution in [0.5, 0.6) is 0 Å². The van der Waals surface area contributed by atoms with Crippen molar-refractivity contribution >= 4 is 9.24 Å². The van der Waals surface area contributed by atoms with Gasteiger partial charge in [-0.25, -0.2) is 8.78 Å². The second-order valence-electron chi connectivity index (χ2n) is 10.7. The lowest BCUT2D eigenvalue weighted by atomic mass is 9.68. The van der Waals surface area contributed by atoms with Crippen LogP contribution in [0.1, 0.15) is 85.7 Å². The fraction of sp³-hybridized carbons (Fsp3) is 0.379. The molecular formula is C29H31F4OP. The highest BCUT2D eigenvalue weighted by atomic mass is 31.0. The summed E-state index contributed by atoms with van der Waals surface area (Å²) in [6.07, 6.45) is -1.18. The number of aliphatic hydroxyl groups is 1. The Bertz CT molecular complexity index is 1210. The predicted molar refractivity (Wildman–Crippen MR) is 136 cm³/mol. The third-order valence-electron chi connectivity index (χ3n) is 6.87. The molecule has 0 bridgehead atoms. The summed E-state index contributed by atoms with van der Waals surface area (Å²) in [6.45, 7) is 8.16. The Kier molecular flexibility index (Phi) is 6.89. The summed E-state index contributed by atoms with van der Waals surface area (Å²) >= 11 is 0. The van der Waals surface area contributed by atoms with E-state index in [-0.39, 0.29) is 22.5 Å². The number of fused-ring (bicyclic) bond motifs is 1. The topological polar surface area (TPSA) is 20.2 Å². The SMILES string of the molecule is CC(C)c1cc2c(c(-c3ccc(F)cc3)c1C(F)c1ccc(C(F)(F)P)cc1)C(O)CC(C)(C)C2. The van der Waals surface area contributed by atoms with Crippen LogP contribution >= 0.6 is 9.24 Å². The van der Waals surface area contributed by atoms with E-state index in [2.05, 4.69) is 13.8 Å². The summed E-state index contributed by atoms with van der Waals surface area (Å²) in [6, 6.07) is 13.1. The standard InChI is InChI=1S/C29H31F4OP/c1-16(2)22-13-19-14-28(3,4)15-23(34)24(19)25(17-7-11-21(30)12-8-17)26(22)27(31)18-5-9-20(10-6-18)29(32,33)35/h5-13,16,23,27,34H,14-15,35H2,1-4H3. The van der Waals surface area contributed by atoms with Gasteiger partial charge in [0.05, 0.1) is 6.10 Å². The van der Waals surface area contributed by atoms with Gasteiger partial charge in [-0.1, -0.05) is 79.4 Å². The van der Waals surface area contributed by atoms with Gasteiger partial charge in [0.2, 0.25) is 0 Å². The van der Waals surface area contributed by atoms with Crippen molar-refractivity contribution in [2.24, 2.45) is 5.41 Å². The van der Waals surface area contributed by atoms with Gasteiger partial charge >= 0.3 is 0 Å². The van der Waals surface area contributed by atoms with Crippen molar-refractivity contribution in [2.75, 3.05) is 0 Å². The largest absolute Gasteiger partial charge is 0.388 e. The first-order valence-electron chi connectivity index (χ1n) is 11.8. The van der Waals surface area contributed by atoms with Crippen LogP contribution in [0.2, 0.25) is 0 Å². The minimum absolute atomic E-state index is 0.0365. The van der Waals surface area contributed by atoms with Crippen molar-refractivity contribution in [3.63, 3.8) is 0 Å². The van der Waals surface area contributed by atoms with E-state index in [0.29, 0.717) is 28.7 Å². The van der Waals surface area contributed by atoms with Crippen molar-refractivity contribution in [3.05, 3.63) is 93.8 Å². The molecular weight excluding hydrogens is 471 g/mol. The van der Waals surface area contributed by atoms with Gasteiger partial charge in [0.1, 0.15) is 5.82 Å². The molecule has 1 nitrogen and oxygen atoms in total. The van der Waals surface area contributed by atoms with E-state index in [4.69, 9.17) is 0 Å². The van der Waals surface area contributed by atoms with Crippen LogP contribution in [0, 0.1) is 11.2 Å². The zero-order chi connectivity index (χ0) is 25.7. The fourth-order valence-corrected chi connectivity index (χ4v) is 5.44. The van der Waals surface area contributed by atoms with Gasteiger partial charge in [-0.05, 0) is 69.7 Å². The molecule has 0 fully saturated rings. The molecule has 0 radical (unpaired) electrons. The highest BCUT2D eigenvalue weighted by Gasteiger charge is 2.37. The molecule has 0 saturated carbocycles. The molecule has 4 rings (SSSR count). The minimum atomic E-state index is -3.10. The highest BCUT2D eigenvalue weighted by Crippen LogP contribution is 2.50. The normalized spacial score (nSPS) is 18.4. The van der Waals surface area contributed by atoms with E-state index in [1.807, 2.05) is 19.9 Å². The summed E-state index contributed by atoms with van der Waals surface area (Å²) in [7, 11) is 1.49. The number of alkyl halides is 3. The molecule has 0 heterocycles. The smallest absolute Gasteiger partial charge is 0.283 e. The van der Waals surface area contributed by atoms with Crippen LogP contribution in [0.25, 0.3) is 11.1 Å². The van der Waals surface area contributed by atoms with Crippen molar-refractivity contribution in [1.29, 1.82) is 0 Å². The van der Waals surface area contributed by atoms with Crippen molar-refractivity contribution < 1.29 is 22.7 Å². The number of hydrogen-bond donors (Lipinski definition) is 1. The number of benzene rings is 3. The van der Waals surface area contributed by atoms with Crippen LogP contribution in [-0.4, -0.2) is 5.11 Å². The van der Waals surface area contributed by atoms with Crippen LogP contribution < -0.4 is 0 Å². The van der Waals surface area contributed by atoms with Crippen molar-refractivity contribution in [1.82, 2.24) is 0 Å². The number of aliphatic hydroxyl groups excluding tert-OH is 1. The Morgan fingerprint density at radius 3 is 2.17 bits per heavy atom. The first-order chi connectivity index (χ1) is 16.3. The molecule has 35 heavy (non-hydrogen) atoms. The van der Waals surface area contributed by atoms with Gasteiger partial charge in [-0.3, -0.25) is 0 Å². The molecule has 3 atom stereocenters. The first-order valence-corrected chi connectivity index (χ1v) is 12.4. The quantitative estimate of drug-likeness (QED) is 0.274. The lowest BCUT2D eigenvalue weighted by Crippen LogP contribution is -2.27. The fourth-order valence-electron chi connectivity index (χ4n) is 5.25. The Balaban J connectivity index is 2.00. The lowest BCUT2D eigenvalue weighted by Gasteiger charge is -2.38. The molecule has 0 spiro atoms. The van der Waals surface area contributed by atoms with Crippen molar-refractivity contribution in [3.8, 4) is 11.1 Å². The zero-order valence-corrected chi connectivity index (χ0v) is 21.5. The molecule has 3 aromatic rings. The van der Waals surface area contributed by atoms with Gasteiger partial charge < -0.3 is 5.11 Å². The van der Waals surface area contributed by atoms with E-state index in [1.54, 1.807) is 12.1 Å². The van der Waals surface area contributed by atoms with Gasteiger partial charge in [0.25, 0.3) is 5.66 Å². The molecule has 0 saturated heterocycles. The van der Waals surface area contributed by atoms with E-state index < -0.39 is 23.8 Å². The third kappa shape index (κ3) is 5.17. The van der Waals surface area contributed by atoms with Gasteiger partial charge in [0.15, 0.2) is 6.17 Å². The van der Waals surface area contributed by atoms with Crippen LogP contribution in [0.15, 0.2) is 54.6 Å². The molecule has 1 N–H and O–H groups in total. The average Bonchev–Trinajstić information content (AvgIpc) is 2.76. The summed E-state index contributed by atoms with van der Waals surface area (Å²) in [5.74, 6) is -0.442. The van der Waals surface area contributed by atoms with Gasteiger partial charge in [-0.2, -0.15) is 8.78 Å². The van der Waals surface area contributed by atoms with E-state index in [1.165, 1.54) is 45.6 Å². The summed E-state index contributed by atoms with van der Waals surface area (Å²) in [4.78, 5) is 0. The maximum atomic E-state index is 16.4. The summed E-state index contributed by atoms with van der Waals surface area (Å²) < 4.78 is 57.6. The Hall–Kier alpha value is -2.23. The molecule has 1 aliphatic rings. The molecule has 3 aromatic carbocycles. The monoisotopic (exact) mass is 502 g/mol. The third-order valence-corrected chi connectivity index (χ3v) is 7.20. The second-order valence-corrected chi connectivity index (χ2v) is 11.4. The van der Waals surface area contributed by atoms with Crippen LogP contribution in [0.4, 0.5) is 17.6 Å². The first kappa shape index (κ1) is 25.9. The predicted octanol–water partition coefficient (Wildman–Crippen LogP) is 8.61. The maximum absolute atomic E-state index is 16.4. The molecule has 0 amide bonds. The van der Waals surface area contributed by atoms with Gasteiger partial charge in [-0.15, -0.1) is 0 Å². The molecule has 186 valence electrons. The molecule has 0 aliphatic heterocycles. The van der Waals surface area contributed by atoms with E-state index in [0.717, 1.165) is 17.5 Å². The van der Waals surface area contributed by atoms with Gasteiger partial charge in [0, 0.05) is 11.1 Å². The number of hydrogen-bond acceptors (Lipinski definition) is 1. The highest BCUT2D eigenvalue weighted by molar-refractivity contribution is 7.17. The average molecular weight is 503 g/mol. The summed E-state index contributed by atoms with van der Waals surface area (Å²) in [5.41, 5.74) is 0.818. The Labute approximate surface area is 206 Å². The molecule has 1 aliphatic carbocycles. The van der Waals surface area contributed by atoms with Crippen LogP contribution in [-0.2, 0) is 12.1 Å². The second kappa shape index (κ2) is 9.33.